The van der Waals surface area contributed by atoms with Gasteiger partial charge in [-0.25, -0.2) is 0 Å². The van der Waals surface area contributed by atoms with Crippen LogP contribution in [-0.4, -0.2) is 22.7 Å². The summed E-state index contributed by atoms with van der Waals surface area (Å²) >= 11 is 7.69. The molecule has 4 aliphatic carbocycles. The minimum absolute atomic E-state index is 0.0286. The van der Waals surface area contributed by atoms with Gasteiger partial charge in [0.15, 0.2) is 0 Å². The first kappa shape index (κ1) is 12.4. The summed E-state index contributed by atoms with van der Waals surface area (Å²) in [7, 11) is 1.50. The van der Waals surface area contributed by atoms with Gasteiger partial charge in [0, 0.05) is 21.5 Å². The van der Waals surface area contributed by atoms with Crippen molar-refractivity contribution in [2.75, 3.05) is 7.11 Å². The van der Waals surface area contributed by atoms with Gasteiger partial charge in [-0.1, -0.05) is 56.1 Å². The Morgan fingerprint density at radius 1 is 1.05 bits per heavy atom. The quantitative estimate of drug-likeness (QED) is 0.546. The second-order valence-corrected chi connectivity index (χ2v) is 7.89. The highest BCUT2D eigenvalue weighted by Crippen LogP contribution is 2.72. The molecule has 4 aliphatic rings. The molecule has 0 aromatic heterocycles. The summed E-state index contributed by atoms with van der Waals surface area (Å²) in [6.07, 6.45) is 0. The van der Waals surface area contributed by atoms with Gasteiger partial charge in [-0.2, -0.15) is 0 Å². The molecular weight excluding hydrogens is 372 g/mol. The summed E-state index contributed by atoms with van der Waals surface area (Å²) in [4.78, 5) is 12.8. The second-order valence-electron chi connectivity index (χ2n) is 5.77. The lowest BCUT2D eigenvalue weighted by molar-refractivity contribution is -0.142. The van der Waals surface area contributed by atoms with Gasteiger partial charge < -0.3 is 4.74 Å². The van der Waals surface area contributed by atoms with Crippen molar-refractivity contribution < 1.29 is 9.53 Å². The largest absolute Gasteiger partial charge is 0.469 e. The average molecular weight is 386 g/mol. The van der Waals surface area contributed by atoms with E-state index >= 15 is 0 Å². The highest BCUT2D eigenvalue weighted by Gasteiger charge is 2.71. The van der Waals surface area contributed by atoms with E-state index in [-0.39, 0.29) is 11.9 Å². The third kappa shape index (κ3) is 1.45. The molecule has 1 aromatic rings. The molecule has 5 rings (SSSR count). The van der Waals surface area contributed by atoms with E-state index < -0.39 is 0 Å². The van der Waals surface area contributed by atoms with Crippen molar-refractivity contribution in [2.45, 2.75) is 21.5 Å². The Morgan fingerprint density at radius 2 is 1.53 bits per heavy atom. The third-order valence-corrected chi connectivity index (χ3v) is 8.13. The van der Waals surface area contributed by atoms with Crippen molar-refractivity contribution in [2.24, 2.45) is 17.8 Å². The molecule has 0 aliphatic heterocycles. The number of methoxy groups -OCH3 is 1. The third-order valence-electron chi connectivity index (χ3n) is 5.14. The van der Waals surface area contributed by atoms with Gasteiger partial charge in [0.05, 0.1) is 13.0 Å². The molecule has 0 amide bonds. The maximum Gasteiger partial charge on any atom is 0.309 e. The van der Waals surface area contributed by atoms with Crippen LogP contribution in [0.1, 0.15) is 23.0 Å². The molecule has 2 nitrogen and oxygen atoms in total. The lowest BCUT2D eigenvalue weighted by Gasteiger charge is -2.44. The van der Waals surface area contributed by atoms with E-state index in [0.717, 1.165) is 0 Å². The smallest absolute Gasteiger partial charge is 0.309 e. The fraction of sp³-hybridized carbons (Fsp3) is 0.533. The zero-order valence-electron chi connectivity index (χ0n) is 10.4. The first-order valence-corrected chi connectivity index (χ1v) is 8.44. The normalized spacial score (nSPS) is 45.3. The fourth-order valence-corrected chi connectivity index (χ4v) is 6.36. The van der Waals surface area contributed by atoms with E-state index in [1.165, 1.54) is 18.2 Å². The Morgan fingerprint density at radius 3 is 1.95 bits per heavy atom. The predicted octanol–water partition coefficient (Wildman–Crippen LogP) is 3.44. The number of esters is 1. The molecule has 1 unspecified atom stereocenters. The predicted molar refractivity (Wildman–Crippen MR) is 79.8 cm³/mol. The zero-order chi connectivity index (χ0) is 13.3. The number of alkyl halides is 2. The van der Waals surface area contributed by atoms with E-state index in [0.29, 0.717) is 33.3 Å². The summed E-state index contributed by atoms with van der Waals surface area (Å²) in [5.74, 6) is 1.85. The molecule has 0 radical (unpaired) electrons. The van der Waals surface area contributed by atoms with Gasteiger partial charge in [0.2, 0.25) is 0 Å². The van der Waals surface area contributed by atoms with Gasteiger partial charge in [-0.05, 0) is 23.0 Å². The van der Waals surface area contributed by atoms with Crippen LogP contribution < -0.4 is 0 Å². The number of rotatable bonds is 1. The van der Waals surface area contributed by atoms with Gasteiger partial charge in [0.25, 0.3) is 0 Å². The number of hydrogen-bond acceptors (Lipinski definition) is 2. The number of hydrogen-bond donors (Lipinski definition) is 0. The molecule has 2 bridgehead atoms. The number of carbonyl (C=O) groups is 1. The van der Waals surface area contributed by atoms with Gasteiger partial charge in [0.1, 0.15) is 0 Å². The number of carbonyl (C=O) groups excluding carboxylic acids is 1. The second kappa shape index (κ2) is 4.08. The van der Waals surface area contributed by atoms with Crippen LogP contribution in [-0.2, 0) is 9.53 Å². The summed E-state index contributed by atoms with van der Waals surface area (Å²) in [6.45, 7) is 0. The summed E-state index contributed by atoms with van der Waals surface area (Å²) < 4.78 is 4.99. The zero-order valence-corrected chi connectivity index (χ0v) is 13.6. The van der Waals surface area contributed by atoms with Crippen molar-refractivity contribution in [3.8, 4) is 0 Å². The monoisotopic (exact) mass is 384 g/mol. The number of benzene rings is 1. The van der Waals surface area contributed by atoms with Gasteiger partial charge >= 0.3 is 5.97 Å². The molecule has 0 heterocycles. The van der Waals surface area contributed by atoms with E-state index in [9.17, 15) is 4.79 Å². The van der Waals surface area contributed by atoms with Crippen LogP contribution in [0, 0.1) is 17.8 Å². The number of halogens is 2. The van der Waals surface area contributed by atoms with Crippen molar-refractivity contribution in [1.82, 2.24) is 0 Å². The first-order chi connectivity index (χ1) is 9.16. The van der Waals surface area contributed by atoms with Crippen LogP contribution in [0.2, 0.25) is 0 Å². The Bertz CT molecular complexity index is 518. The molecule has 0 N–H and O–H groups in total. The van der Waals surface area contributed by atoms with Crippen LogP contribution in [0.3, 0.4) is 0 Å². The molecule has 100 valence electrons. The standard InChI is InChI=1S/C15H14Br2O2/c1-19-15(18)12-10-8-6-4-2-3-5-7(6)9(11(10)12)14(17)13(8)16/h2-5,8-14H,1H3/t8-,9+,10-,11+,12?,13-,14-/m1/s1. The lowest BCUT2D eigenvalue weighted by Crippen LogP contribution is -2.41. The lowest BCUT2D eigenvalue weighted by atomic mass is 9.67. The van der Waals surface area contributed by atoms with Gasteiger partial charge in [-0.3, -0.25) is 4.79 Å². The molecule has 2 fully saturated rings. The maximum atomic E-state index is 12.0. The van der Waals surface area contributed by atoms with Crippen LogP contribution in [0.15, 0.2) is 24.3 Å². The van der Waals surface area contributed by atoms with E-state index in [1.54, 1.807) is 0 Å². The molecule has 0 spiro atoms. The molecule has 2 saturated carbocycles. The van der Waals surface area contributed by atoms with Crippen molar-refractivity contribution in [3.05, 3.63) is 35.4 Å². The van der Waals surface area contributed by atoms with Crippen LogP contribution in [0.4, 0.5) is 0 Å². The molecule has 7 atom stereocenters. The fourth-order valence-electron chi connectivity index (χ4n) is 4.43. The van der Waals surface area contributed by atoms with Crippen LogP contribution in [0.5, 0.6) is 0 Å². The van der Waals surface area contributed by atoms with Crippen LogP contribution >= 0.6 is 31.9 Å². The number of fused-ring (bicyclic) bond motifs is 1. The van der Waals surface area contributed by atoms with E-state index in [4.69, 9.17) is 4.74 Å². The Labute approximate surface area is 129 Å². The molecule has 1 aromatic carbocycles. The Kier molecular flexibility index (Phi) is 2.66. The van der Waals surface area contributed by atoms with Gasteiger partial charge in [-0.15, -0.1) is 0 Å². The highest BCUT2D eigenvalue weighted by atomic mass is 79.9. The van der Waals surface area contributed by atoms with E-state index in [2.05, 4.69) is 56.1 Å². The van der Waals surface area contributed by atoms with Crippen molar-refractivity contribution >= 4 is 37.8 Å². The summed E-state index contributed by atoms with van der Waals surface area (Å²) in [6, 6.07) is 8.66. The highest BCUT2D eigenvalue weighted by molar-refractivity contribution is 9.12. The van der Waals surface area contributed by atoms with Crippen molar-refractivity contribution in [3.63, 3.8) is 0 Å². The van der Waals surface area contributed by atoms with E-state index in [1.807, 2.05) is 0 Å². The van der Waals surface area contributed by atoms with Crippen molar-refractivity contribution in [1.29, 1.82) is 0 Å². The minimum Gasteiger partial charge on any atom is -0.469 e. The minimum atomic E-state index is -0.0286. The molecule has 19 heavy (non-hydrogen) atoms. The Hall–Kier alpha value is -0.350. The number of ether oxygens (including phenoxy) is 1. The maximum absolute atomic E-state index is 12.0. The SMILES string of the molecule is COC(=O)C1[C@@H]2[C@H]3c4ccccc4[C@H]([C@@H](Br)[C@@H]3Br)[C@H]12. The van der Waals surface area contributed by atoms with Crippen LogP contribution in [0.25, 0.3) is 0 Å². The first-order valence-electron chi connectivity index (χ1n) is 6.61. The average Bonchev–Trinajstić information content (AvgIpc) is 3.16. The molecule has 4 heteroatoms. The molecular formula is C15H14Br2O2. The summed E-state index contributed by atoms with van der Waals surface area (Å²) in [5.41, 5.74) is 2.86. The summed E-state index contributed by atoms with van der Waals surface area (Å²) in [5, 5.41) is 0. The Balaban J connectivity index is 1.83. The topological polar surface area (TPSA) is 26.3 Å². The molecule has 0 saturated heterocycles.